The van der Waals surface area contributed by atoms with Crippen molar-refractivity contribution >= 4 is 47.8 Å². The molecule has 0 bridgehead atoms. The smallest absolute Gasteiger partial charge is 0.0902 e. The summed E-state index contributed by atoms with van der Waals surface area (Å²) in [5.74, 6) is 0. The molecule has 1 aromatic rings. The maximum Gasteiger partial charge on any atom is 0.0902 e. The van der Waals surface area contributed by atoms with Gasteiger partial charge in [0.15, 0.2) is 0 Å². The zero-order chi connectivity index (χ0) is 3.54. The molecule has 42 valence electrons. The molecule has 0 saturated heterocycles. The molecule has 0 aliphatic heterocycles. The van der Waals surface area contributed by atoms with Crippen molar-refractivity contribution in [1.82, 2.24) is 0 Å². The topological polar surface area (TPSA) is 13.1 Å². The first kappa shape index (κ1) is 10.8. The SMILES string of the molecule is [SnH4].[SnH4].c1ccoc1. The van der Waals surface area contributed by atoms with Gasteiger partial charge >= 0.3 is 47.8 Å². The summed E-state index contributed by atoms with van der Waals surface area (Å²) in [7, 11) is 0. The van der Waals surface area contributed by atoms with Crippen LogP contribution in [0, 0.1) is 0 Å². The molecule has 0 aromatic carbocycles. The molecule has 7 heavy (non-hydrogen) atoms. The summed E-state index contributed by atoms with van der Waals surface area (Å²) in [5, 5.41) is 0. The van der Waals surface area contributed by atoms with Crippen molar-refractivity contribution in [1.29, 1.82) is 0 Å². The molecule has 0 fully saturated rings. The Morgan fingerprint density at radius 1 is 0.857 bits per heavy atom. The van der Waals surface area contributed by atoms with Crippen molar-refractivity contribution in [3.05, 3.63) is 24.7 Å². The molecular formula is C4H12OSn2. The van der Waals surface area contributed by atoms with Crippen molar-refractivity contribution < 1.29 is 4.42 Å². The second-order valence-corrected chi connectivity index (χ2v) is 0.793. The minimum atomic E-state index is 0. The minimum absolute atomic E-state index is 0. The summed E-state index contributed by atoms with van der Waals surface area (Å²) in [6, 6.07) is 3.67. The van der Waals surface area contributed by atoms with E-state index in [0.717, 1.165) is 0 Å². The van der Waals surface area contributed by atoms with E-state index in [1.165, 1.54) is 0 Å². The molecule has 1 nitrogen and oxygen atoms in total. The Labute approximate surface area is 76.4 Å². The van der Waals surface area contributed by atoms with Gasteiger partial charge in [0.25, 0.3) is 0 Å². The Hall–Kier alpha value is 0.877. The molecule has 0 N–H and O–H groups in total. The van der Waals surface area contributed by atoms with E-state index >= 15 is 0 Å². The predicted octanol–water partition coefficient (Wildman–Crippen LogP) is -1.62. The van der Waals surface area contributed by atoms with E-state index < -0.39 is 0 Å². The maximum atomic E-state index is 4.58. The Kier molecular flexibility index (Phi) is 10.6. The van der Waals surface area contributed by atoms with Crippen molar-refractivity contribution in [2.45, 2.75) is 0 Å². The average Bonchev–Trinajstić information content (AvgIpc) is 1.76. The number of furan rings is 1. The zero-order valence-corrected chi connectivity index (χ0v) is 2.72. The molecule has 0 radical (unpaired) electrons. The van der Waals surface area contributed by atoms with Crippen LogP contribution in [0.15, 0.2) is 29.1 Å². The van der Waals surface area contributed by atoms with Gasteiger partial charge in [0, 0.05) is 0 Å². The van der Waals surface area contributed by atoms with Crippen LogP contribution in [0.2, 0.25) is 0 Å². The third-order valence-corrected chi connectivity index (χ3v) is 0.425. The zero-order valence-electron chi connectivity index (χ0n) is 2.72. The monoisotopic (exact) mass is 316 g/mol. The third kappa shape index (κ3) is 4.74. The quantitative estimate of drug-likeness (QED) is 0.525. The van der Waals surface area contributed by atoms with Gasteiger partial charge in [0.05, 0.1) is 12.5 Å². The van der Waals surface area contributed by atoms with Gasteiger partial charge in [-0.15, -0.1) is 0 Å². The molecule has 0 atom stereocenters. The molecule has 1 heterocycles. The fraction of sp³-hybridized carbons (Fsp3) is 0. The van der Waals surface area contributed by atoms with Gasteiger partial charge in [-0.1, -0.05) is 0 Å². The van der Waals surface area contributed by atoms with Crippen LogP contribution in [0.25, 0.3) is 0 Å². The van der Waals surface area contributed by atoms with Gasteiger partial charge in [-0.25, -0.2) is 0 Å². The summed E-state index contributed by atoms with van der Waals surface area (Å²) in [6.07, 6.45) is 3.25. The summed E-state index contributed by atoms with van der Waals surface area (Å²) in [4.78, 5) is 0. The minimum Gasteiger partial charge on any atom is -0.473 e. The Bertz CT molecular complexity index is 66.2. The van der Waals surface area contributed by atoms with Crippen molar-refractivity contribution in [3.63, 3.8) is 0 Å². The molecule has 0 saturated carbocycles. The van der Waals surface area contributed by atoms with Crippen molar-refractivity contribution in [2.75, 3.05) is 0 Å². The molecule has 0 spiro atoms. The van der Waals surface area contributed by atoms with Crippen molar-refractivity contribution in [2.24, 2.45) is 0 Å². The van der Waals surface area contributed by atoms with E-state index in [9.17, 15) is 0 Å². The second-order valence-electron chi connectivity index (χ2n) is 0.793. The Morgan fingerprint density at radius 2 is 1.29 bits per heavy atom. The van der Waals surface area contributed by atoms with Gasteiger partial charge in [-0.3, -0.25) is 0 Å². The molecule has 0 unspecified atom stereocenters. The van der Waals surface area contributed by atoms with Crippen LogP contribution in [0.3, 0.4) is 0 Å². The van der Waals surface area contributed by atoms with Crippen LogP contribution in [0.5, 0.6) is 0 Å². The van der Waals surface area contributed by atoms with E-state index in [4.69, 9.17) is 0 Å². The first-order chi connectivity index (χ1) is 2.50. The fourth-order valence-electron chi connectivity index (χ4n) is 0.227. The van der Waals surface area contributed by atoms with E-state index in [2.05, 4.69) is 4.42 Å². The molecule has 1 aromatic heterocycles. The Balaban J connectivity index is 0. The average molecular weight is 314 g/mol. The van der Waals surface area contributed by atoms with Crippen LogP contribution in [-0.2, 0) is 0 Å². The molecular weight excluding hydrogens is 301 g/mol. The van der Waals surface area contributed by atoms with Gasteiger partial charge in [0.1, 0.15) is 0 Å². The van der Waals surface area contributed by atoms with Crippen LogP contribution >= 0.6 is 0 Å². The standard InChI is InChI=1S/C4H4O.2Sn.8H/c1-2-4-5-3-1;;;;;;;;;;/h1-4H;;;;;;;;;;. The largest absolute Gasteiger partial charge is 0.473 e. The molecule has 1 rings (SSSR count). The summed E-state index contributed by atoms with van der Waals surface area (Å²) < 4.78 is 4.58. The number of rotatable bonds is 0. The molecule has 3 heteroatoms. The molecule has 0 amide bonds. The van der Waals surface area contributed by atoms with E-state index in [-0.39, 0.29) is 47.8 Å². The fourth-order valence-corrected chi connectivity index (χ4v) is 0.227. The first-order valence-corrected chi connectivity index (χ1v) is 1.47. The maximum absolute atomic E-state index is 4.58. The second kappa shape index (κ2) is 6.88. The summed E-state index contributed by atoms with van der Waals surface area (Å²) >= 11 is 0. The van der Waals surface area contributed by atoms with Gasteiger partial charge in [-0.05, 0) is 12.1 Å². The summed E-state index contributed by atoms with van der Waals surface area (Å²) in [5.41, 5.74) is 0. The Morgan fingerprint density at radius 3 is 1.43 bits per heavy atom. The van der Waals surface area contributed by atoms with Crippen molar-refractivity contribution in [3.8, 4) is 0 Å². The van der Waals surface area contributed by atoms with Gasteiger partial charge in [0.2, 0.25) is 0 Å². The molecule has 0 aliphatic rings. The van der Waals surface area contributed by atoms with Crippen LogP contribution < -0.4 is 0 Å². The predicted molar refractivity (Wildman–Crippen MR) is 41.4 cm³/mol. The van der Waals surface area contributed by atoms with E-state index in [1.54, 1.807) is 12.5 Å². The van der Waals surface area contributed by atoms with Crippen LogP contribution in [0.1, 0.15) is 0 Å². The summed E-state index contributed by atoms with van der Waals surface area (Å²) in [6.45, 7) is 0. The van der Waals surface area contributed by atoms with E-state index in [1.807, 2.05) is 12.1 Å². The molecule has 0 aliphatic carbocycles. The number of hydrogen-bond donors (Lipinski definition) is 0. The first-order valence-electron chi connectivity index (χ1n) is 1.47. The van der Waals surface area contributed by atoms with Gasteiger partial charge < -0.3 is 4.42 Å². The van der Waals surface area contributed by atoms with E-state index in [0.29, 0.717) is 0 Å². The number of hydrogen-bond acceptors (Lipinski definition) is 1. The third-order valence-electron chi connectivity index (χ3n) is 0.425. The van der Waals surface area contributed by atoms with Crippen LogP contribution in [-0.4, -0.2) is 47.8 Å². The normalized spacial score (nSPS) is 5.71. The van der Waals surface area contributed by atoms with Gasteiger partial charge in [-0.2, -0.15) is 0 Å². The van der Waals surface area contributed by atoms with Crippen LogP contribution in [0.4, 0.5) is 0 Å².